The fourth-order valence-electron chi connectivity index (χ4n) is 2.94. The van der Waals surface area contributed by atoms with Gasteiger partial charge in [0, 0.05) is 26.2 Å². The molecule has 6 nitrogen and oxygen atoms in total. The van der Waals surface area contributed by atoms with Gasteiger partial charge in [-0.3, -0.25) is 4.99 Å². The Labute approximate surface area is 171 Å². The summed E-state index contributed by atoms with van der Waals surface area (Å²) in [7, 11) is 3.50. The number of nitrogens with one attached hydrogen (secondary N) is 1. The van der Waals surface area contributed by atoms with E-state index in [9.17, 15) is 0 Å². The van der Waals surface area contributed by atoms with Crippen molar-refractivity contribution >= 4 is 35.5 Å². The molecule has 140 valence electrons. The first-order chi connectivity index (χ1) is 12.2. The summed E-state index contributed by atoms with van der Waals surface area (Å²) in [6.07, 6.45) is 3.22. The van der Waals surface area contributed by atoms with E-state index < -0.39 is 0 Å². The van der Waals surface area contributed by atoms with Gasteiger partial charge in [-0.25, -0.2) is 0 Å². The molecule has 1 aromatic heterocycles. The number of aryl methyl sites for hydroxylation is 1. The number of benzene rings is 1. The van der Waals surface area contributed by atoms with Crippen LogP contribution in [-0.2, 0) is 6.54 Å². The molecule has 0 aliphatic carbocycles. The van der Waals surface area contributed by atoms with E-state index in [1.165, 1.54) is 11.1 Å². The standard InChI is InChI=1S/C19H24N4O2.HI/c1-14-11-18(25-22-14)13-21-19(20-2)23-9-7-15(8-10-23)16-5-4-6-17(12-16)24-3;/h4-7,11-12H,8-10,13H2,1-3H3,(H,20,21);1H. The molecule has 0 bridgehead atoms. The molecule has 2 aromatic rings. The largest absolute Gasteiger partial charge is 0.497 e. The maximum atomic E-state index is 5.32. The molecule has 26 heavy (non-hydrogen) atoms. The molecular weight excluding hydrogens is 443 g/mol. The molecule has 2 heterocycles. The predicted octanol–water partition coefficient (Wildman–Crippen LogP) is 3.47. The lowest BCUT2D eigenvalue weighted by atomic mass is 9.99. The van der Waals surface area contributed by atoms with Crippen LogP contribution < -0.4 is 10.1 Å². The van der Waals surface area contributed by atoms with Crippen LogP contribution in [0.15, 0.2) is 45.9 Å². The van der Waals surface area contributed by atoms with Gasteiger partial charge in [-0.05, 0) is 36.6 Å². The highest BCUT2D eigenvalue weighted by molar-refractivity contribution is 14.0. The average Bonchev–Trinajstić information content (AvgIpc) is 3.08. The smallest absolute Gasteiger partial charge is 0.194 e. The van der Waals surface area contributed by atoms with Gasteiger partial charge in [-0.15, -0.1) is 24.0 Å². The second-order valence-corrected chi connectivity index (χ2v) is 5.99. The van der Waals surface area contributed by atoms with E-state index in [4.69, 9.17) is 9.26 Å². The molecule has 0 saturated heterocycles. The van der Waals surface area contributed by atoms with E-state index >= 15 is 0 Å². The van der Waals surface area contributed by atoms with Crippen molar-refractivity contribution in [3.05, 3.63) is 53.4 Å². The normalized spacial score (nSPS) is 14.5. The van der Waals surface area contributed by atoms with Gasteiger partial charge in [-0.2, -0.15) is 0 Å². The lowest BCUT2D eigenvalue weighted by Crippen LogP contribution is -2.43. The minimum Gasteiger partial charge on any atom is -0.497 e. The Morgan fingerprint density at radius 2 is 2.23 bits per heavy atom. The molecule has 0 fully saturated rings. The van der Waals surface area contributed by atoms with Crippen molar-refractivity contribution in [3.63, 3.8) is 0 Å². The fourth-order valence-corrected chi connectivity index (χ4v) is 2.94. The molecule has 1 N–H and O–H groups in total. The van der Waals surface area contributed by atoms with Gasteiger partial charge in [-0.1, -0.05) is 23.4 Å². The third-order valence-corrected chi connectivity index (χ3v) is 4.26. The highest BCUT2D eigenvalue weighted by Gasteiger charge is 2.16. The quantitative estimate of drug-likeness (QED) is 0.423. The molecule has 3 rings (SSSR count). The first kappa shape index (κ1) is 20.3. The summed E-state index contributed by atoms with van der Waals surface area (Å²) in [5.41, 5.74) is 3.45. The first-order valence-corrected chi connectivity index (χ1v) is 8.41. The molecule has 7 heteroatoms. The number of hydrogen-bond acceptors (Lipinski definition) is 4. The van der Waals surface area contributed by atoms with Crippen molar-refractivity contribution in [2.75, 3.05) is 27.2 Å². The summed E-state index contributed by atoms with van der Waals surface area (Å²) in [6.45, 7) is 4.23. The zero-order chi connectivity index (χ0) is 17.6. The van der Waals surface area contributed by atoms with Crippen LogP contribution in [0, 0.1) is 6.92 Å². The summed E-state index contributed by atoms with van der Waals surface area (Å²) >= 11 is 0. The number of aromatic nitrogens is 1. The summed E-state index contributed by atoms with van der Waals surface area (Å²) < 4.78 is 10.6. The Bertz CT molecular complexity index is 785. The van der Waals surface area contributed by atoms with Crippen molar-refractivity contribution in [3.8, 4) is 5.75 Å². The molecule has 0 saturated carbocycles. The van der Waals surface area contributed by atoms with Gasteiger partial charge in [0.2, 0.25) is 0 Å². The zero-order valence-corrected chi connectivity index (χ0v) is 17.7. The van der Waals surface area contributed by atoms with Crippen molar-refractivity contribution in [1.82, 2.24) is 15.4 Å². The van der Waals surface area contributed by atoms with Crippen molar-refractivity contribution in [1.29, 1.82) is 0 Å². The van der Waals surface area contributed by atoms with E-state index in [0.29, 0.717) is 6.54 Å². The third kappa shape index (κ3) is 5.00. The van der Waals surface area contributed by atoms with Crippen molar-refractivity contribution < 1.29 is 9.26 Å². The van der Waals surface area contributed by atoms with Crippen LogP contribution in [0.3, 0.4) is 0 Å². The molecule has 0 spiro atoms. The van der Waals surface area contributed by atoms with E-state index in [-0.39, 0.29) is 24.0 Å². The maximum Gasteiger partial charge on any atom is 0.194 e. The van der Waals surface area contributed by atoms with Crippen LogP contribution in [0.25, 0.3) is 5.57 Å². The highest BCUT2D eigenvalue weighted by Crippen LogP contribution is 2.25. The number of hydrogen-bond donors (Lipinski definition) is 1. The fraction of sp³-hybridized carbons (Fsp3) is 0.368. The summed E-state index contributed by atoms with van der Waals surface area (Å²) in [6, 6.07) is 10.1. The highest BCUT2D eigenvalue weighted by atomic mass is 127. The van der Waals surface area contributed by atoms with Gasteiger partial charge in [0.15, 0.2) is 11.7 Å². The van der Waals surface area contributed by atoms with E-state index in [1.54, 1.807) is 14.2 Å². The second kappa shape index (κ2) is 9.61. The number of methoxy groups -OCH3 is 1. The number of rotatable bonds is 4. The lowest BCUT2D eigenvalue weighted by molar-refractivity contribution is 0.371. The van der Waals surface area contributed by atoms with E-state index in [1.807, 2.05) is 25.1 Å². The first-order valence-electron chi connectivity index (χ1n) is 8.41. The predicted molar refractivity (Wildman–Crippen MR) is 114 cm³/mol. The molecule has 0 atom stereocenters. The maximum absolute atomic E-state index is 5.32. The van der Waals surface area contributed by atoms with Crippen molar-refractivity contribution in [2.45, 2.75) is 19.9 Å². The van der Waals surface area contributed by atoms with Crippen LogP contribution >= 0.6 is 24.0 Å². The molecule has 1 aliphatic heterocycles. The summed E-state index contributed by atoms with van der Waals surface area (Å²) in [4.78, 5) is 6.61. The Morgan fingerprint density at radius 1 is 1.38 bits per heavy atom. The Kier molecular flexibility index (Phi) is 7.50. The van der Waals surface area contributed by atoms with Crippen LogP contribution in [-0.4, -0.2) is 43.3 Å². The van der Waals surface area contributed by atoms with Gasteiger partial charge in [0.25, 0.3) is 0 Å². The average molecular weight is 468 g/mol. The van der Waals surface area contributed by atoms with Gasteiger partial charge in [0.05, 0.1) is 19.3 Å². The van der Waals surface area contributed by atoms with Gasteiger partial charge >= 0.3 is 0 Å². The number of nitrogens with zero attached hydrogens (tertiary/aromatic N) is 3. The summed E-state index contributed by atoms with van der Waals surface area (Å²) in [5.74, 6) is 2.57. The molecule has 0 amide bonds. The van der Waals surface area contributed by atoms with Crippen LogP contribution in [0.4, 0.5) is 0 Å². The molecule has 0 unspecified atom stereocenters. The third-order valence-electron chi connectivity index (χ3n) is 4.26. The minimum absolute atomic E-state index is 0. The van der Waals surface area contributed by atoms with Gasteiger partial charge < -0.3 is 19.5 Å². The lowest BCUT2D eigenvalue weighted by Gasteiger charge is -2.29. The van der Waals surface area contributed by atoms with Gasteiger partial charge in [0.1, 0.15) is 5.75 Å². The molecule has 1 aromatic carbocycles. The molecular formula is C19H25IN4O2. The summed E-state index contributed by atoms with van der Waals surface area (Å²) in [5, 5.41) is 7.24. The molecule has 1 aliphatic rings. The number of aliphatic imine (C=N–C) groups is 1. The van der Waals surface area contributed by atoms with Crippen LogP contribution in [0.1, 0.15) is 23.4 Å². The Balaban J connectivity index is 0.00000243. The SMILES string of the molecule is CN=C(NCc1cc(C)no1)N1CC=C(c2cccc(OC)c2)CC1.I. The number of guanidine groups is 1. The van der Waals surface area contributed by atoms with E-state index in [2.05, 4.69) is 38.6 Å². The minimum atomic E-state index is 0. The van der Waals surface area contributed by atoms with E-state index in [0.717, 1.165) is 42.7 Å². The number of ether oxygens (including phenoxy) is 1. The number of halogens is 1. The molecule has 0 radical (unpaired) electrons. The Hall–Kier alpha value is -2.03. The van der Waals surface area contributed by atoms with Crippen molar-refractivity contribution in [2.24, 2.45) is 4.99 Å². The topological polar surface area (TPSA) is 62.9 Å². The van der Waals surface area contributed by atoms with Crippen LogP contribution in [0.5, 0.6) is 5.75 Å². The van der Waals surface area contributed by atoms with Crippen LogP contribution in [0.2, 0.25) is 0 Å². The second-order valence-electron chi connectivity index (χ2n) is 5.99. The Morgan fingerprint density at radius 3 is 2.85 bits per heavy atom. The monoisotopic (exact) mass is 468 g/mol. The zero-order valence-electron chi connectivity index (χ0n) is 15.4.